The van der Waals surface area contributed by atoms with Crippen LogP contribution in [0.15, 0.2) is 24.3 Å². The van der Waals surface area contributed by atoms with E-state index in [0.29, 0.717) is 17.3 Å². The molecule has 0 atom stereocenters. The predicted octanol–water partition coefficient (Wildman–Crippen LogP) is 3.06. The van der Waals surface area contributed by atoms with Gasteiger partial charge in [0.05, 0.1) is 6.67 Å². The highest BCUT2D eigenvalue weighted by Crippen LogP contribution is 2.13. The Morgan fingerprint density at radius 2 is 2.18 bits per heavy atom. The highest BCUT2D eigenvalue weighted by atomic mass is 35.5. The van der Waals surface area contributed by atoms with Gasteiger partial charge in [0.15, 0.2) is 10.6 Å². The Kier molecular flexibility index (Phi) is 6.14. The molecule has 22 heavy (non-hydrogen) atoms. The minimum atomic E-state index is -0.103. The first-order chi connectivity index (χ1) is 10.5. The number of aromatic nitrogens is 3. The molecule has 7 heteroatoms. The van der Waals surface area contributed by atoms with Crippen molar-refractivity contribution in [3.05, 3.63) is 45.4 Å². The first-order valence-corrected chi connectivity index (χ1v) is 8.04. The summed E-state index contributed by atoms with van der Waals surface area (Å²) in [7, 11) is 2.00. The Bertz CT molecular complexity index is 682. The quantitative estimate of drug-likeness (QED) is 0.787. The van der Waals surface area contributed by atoms with Gasteiger partial charge in [-0.1, -0.05) is 30.7 Å². The van der Waals surface area contributed by atoms with Gasteiger partial charge in [-0.25, -0.2) is 4.68 Å². The molecule has 2 rings (SSSR count). The molecule has 0 spiro atoms. The van der Waals surface area contributed by atoms with Gasteiger partial charge in [0.1, 0.15) is 6.61 Å². The maximum atomic E-state index is 9.41. The molecule has 0 aliphatic rings. The van der Waals surface area contributed by atoms with Crippen LogP contribution in [0, 0.1) is 4.77 Å². The minimum absolute atomic E-state index is 0.103. The predicted molar refractivity (Wildman–Crippen MR) is 90.2 cm³/mol. The van der Waals surface area contributed by atoms with E-state index < -0.39 is 0 Å². The molecule has 0 radical (unpaired) electrons. The molecule has 0 unspecified atom stereocenters. The van der Waals surface area contributed by atoms with Crippen molar-refractivity contribution in [2.24, 2.45) is 0 Å². The molecule has 0 aliphatic carbocycles. The van der Waals surface area contributed by atoms with Crippen LogP contribution in [-0.4, -0.2) is 31.4 Å². The summed E-state index contributed by atoms with van der Waals surface area (Å²) in [5.41, 5.74) is 1.14. The van der Waals surface area contributed by atoms with E-state index in [0.717, 1.165) is 30.1 Å². The summed E-state index contributed by atoms with van der Waals surface area (Å²) in [6.07, 6.45) is 0.950. The van der Waals surface area contributed by atoms with Gasteiger partial charge in [0.2, 0.25) is 0 Å². The third-order valence-electron chi connectivity index (χ3n) is 3.30. The highest BCUT2D eigenvalue weighted by Gasteiger charge is 2.11. The average Bonchev–Trinajstić information content (AvgIpc) is 2.76. The second-order valence-electron chi connectivity index (χ2n) is 5.29. The zero-order valence-electron chi connectivity index (χ0n) is 12.9. The van der Waals surface area contributed by atoms with Crippen molar-refractivity contribution in [2.45, 2.75) is 39.7 Å². The van der Waals surface area contributed by atoms with Gasteiger partial charge in [-0.15, -0.1) is 0 Å². The summed E-state index contributed by atoms with van der Waals surface area (Å²) < 4.78 is 4.28. The lowest BCUT2D eigenvalue weighted by molar-refractivity contribution is 0.238. The van der Waals surface area contributed by atoms with Crippen molar-refractivity contribution < 1.29 is 5.11 Å². The molecule has 1 aromatic heterocycles. The monoisotopic (exact) mass is 340 g/mol. The topological polar surface area (TPSA) is 46.2 Å². The molecule has 1 heterocycles. The highest BCUT2D eigenvalue weighted by molar-refractivity contribution is 7.71. The Hall–Kier alpha value is -1.21. The number of aliphatic hydroxyl groups is 1. The van der Waals surface area contributed by atoms with E-state index in [9.17, 15) is 5.11 Å². The van der Waals surface area contributed by atoms with Crippen molar-refractivity contribution in [3.8, 4) is 0 Å². The van der Waals surface area contributed by atoms with E-state index in [-0.39, 0.29) is 6.61 Å². The number of hydrogen-bond acceptors (Lipinski definition) is 4. The lowest BCUT2D eigenvalue weighted by atomic mass is 10.2. The zero-order valence-corrected chi connectivity index (χ0v) is 14.4. The zero-order chi connectivity index (χ0) is 16.1. The first-order valence-electron chi connectivity index (χ1n) is 7.25. The molecule has 0 bridgehead atoms. The number of nitrogens with zero attached hydrogens (tertiary/aromatic N) is 4. The van der Waals surface area contributed by atoms with E-state index in [1.165, 1.54) is 0 Å². The van der Waals surface area contributed by atoms with Crippen LogP contribution in [0.2, 0.25) is 5.02 Å². The smallest absolute Gasteiger partial charge is 0.199 e. The number of halogens is 1. The molecule has 1 N–H and O–H groups in total. The summed E-state index contributed by atoms with van der Waals surface area (Å²) in [6.45, 7) is 4.05. The van der Waals surface area contributed by atoms with Crippen LogP contribution >= 0.6 is 23.8 Å². The molecule has 0 saturated heterocycles. The van der Waals surface area contributed by atoms with Crippen LogP contribution in [0.5, 0.6) is 0 Å². The third-order valence-corrected chi connectivity index (χ3v) is 3.97. The number of aliphatic hydroxyl groups excluding tert-OH is 1. The van der Waals surface area contributed by atoms with Gasteiger partial charge in [0, 0.05) is 18.1 Å². The van der Waals surface area contributed by atoms with Crippen molar-refractivity contribution in [1.29, 1.82) is 0 Å². The first kappa shape index (κ1) is 17.1. The Morgan fingerprint density at radius 3 is 2.82 bits per heavy atom. The average molecular weight is 341 g/mol. The molecule has 0 fully saturated rings. The van der Waals surface area contributed by atoms with E-state index >= 15 is 0 Å². The van der Waals surface area contributed by atoms with Crippen LogP contribution in [0.4, 0.5) is 0 Å². The van der Waals surface area contributed by atoms with Gasteiger partial charge in [-0.05, 0) is 43.4 Å². The Labute approximate surface area is 140 Å². The normalized spacial score (nSPS) is 11.3. The standard InChI is InChI=1S/C15H21ClN4OS/c1-3-7-19-14(10-21)17-20(15(19)22)11-18(2)9-12-5-4-6-13(16)8-12/h4-6,8,21H,3,7,9-11H2,1-2H3. The van der Waals surface area contributed by atoms with Crippen molar-refractivity contribution in [3.63, 3.8) is 0 Å². The van der Waals surface area contributed by atoms with E-state index in [4.69, 9.17) is 23.8 Å². The molecular formula is C15H21ClN4OS. The fourth-order valence-corrected chi connectivity index (χ4v) is 2.88. The molecule has 0 saturated carbocycles. The van der Waals surface area contributed by atoms with E-state index in [1.54, 1.807) is 4.68 Å². The van der Waals surface area contributed by atoms with Gasteiger partial charge in [0.25, 0.3) is 0 Å². The third kappa shape index (κ3) is 4.16. The SMILES string of the molecule is CCCn1c(CO)nn(CN(C)Cc2cccc(Cl)c2)c1=S. The fourth-order valence-electron chi connectivity index (χ4n) is 2.37. The van der Waals surface area contributed by atoms with Crippen LogP contribution in [0.25, 0.3) is 0 Å². The largest absolute Gasteiger partial charge is 0.388 e. The molecule has 120 valence electrons. The molecule has 0 amide bonds. The molecule has 5 nitrogen and oxygen atoms in total. The Morgan fingerprint density at radius 1 is 1.41 bits per heavy atom. The van der Waals surface area contributed by atoms with Crippen LogP contribution in [0.3, 0.4) is 0 Å². The second-order valence-corrected chi connectivity index (χ2v) is 6.10. The van der Waals surface area contributed by atoms with Gasteiger partial charge in [-0.3, -0.25) is 4.90 Å². The number of hydrogen-bond donors (Lipinski definition) is 1. The van der Waals surface area contributed by atoms with Gasteiger partial charge < -0.3 is 9.67 Å². The number of rotatable bonds is 7. The van der Waals surface area contributed by atoms with Crippen molar-refractivity contribution in [2.75, 3.05) is 7.05 Å². The second kappa shape index (κ2) is 7.87. The maximum absolute atomic E-state index is 9.41. The lowest BCUT2D eigenvalue weighted by Gasteiger charge is -2.16. The van der Waals surface area contributed by atoms with Crippen LogP contribution in [-0.2, 0) is 26.4 Å². The van der Waals surface area contributed by atoms with Gasteiger partial charge in [-0.2, -0.15) is 5.10 Å². The summed E-state index contributed by atoms with van der Waals surface area (Å²) in [5.74, 6) is 0.614. The maximum Gasteiger partial charge on any atom is 0.199 e. The summed E-state index contributed by atoms with van der Waals surface area (Å²) >= 11 is 11.5. The van der Waals surface area contributed by atoms with E-state index in [2.05, 4.69) is 16.9 Å². The van der Waals surface area contributed by atoms with Crippen molar-refractivity contribution >= 4 is 23.8 Å². The van der Waals surface area contributed by atoms with Crippen LogP contribution in [0.1, 0.15) is 24.7 Å². The van der Waals surface area contributed by atoms with Crippen LogP contribution < -0.4 is 0 Å². The molecule has 0 aliphatic heterocycles. The molecule has 2 aromatic rings. The fraction of sp³-hybridized carbons (Fsp3) is 0.467. The lowest BCUT2D eigenvalue weighted by Crippen LogP contribution is -2.22. The minimum Gasteiger partial charge on any atom is -0.388 e. The van der Waals surface area contributed by atoms with Crippen molar-refractivity contribution in [1.82, 2.24) is 19.2 Å². The Balaban J connectivity index is 2.11. The summed E-state index contributed by atoms with van der Waals surface area (Å²) in [5, 5.41) is 14.5. The summed E-state index contributed by atoms with van der Waals surface area (Å²) in [4.78, 5) is 2.10. The molecular weight excluding hydrogens is 320 g/mol. The van der Waals surface area contributed by atoms with Gasteiger partial charge >= 0.3 is 0 Å². The summed E-state index contributed by atoms with van der Waals surface area (Å²) in [6, 6.07) is 7.79. The molecule has 1 aromatic carbocycles. The van der Waals surface area contributed by atoms with E-state index in [1.807, 2.05) is 35.9 Å². The number of benzene rings is 1.